The van der Waals surface area contributed by atoms with E-state index in [9.17, 15) is 0 Å². The first kappa shape index (κ1) is 27.2. The first-order valence-electron chi connectivity index (χ1n) is 13.8. The number of rotatable bonds is 22. The molecule has 0 radical (unpaired) electrons. The summed E-state index contributed by atoms with van der Waals surface area (Å²) < 4.78 is 4.87. The van der Waals surface area contributed by atoms with Crippen LogP contribution in [0.5, 0.6) is 0 Å². The number of nitrogens with zero attached hydrogens (tertiary/aromatic N) is 2. The van der Waals surface area contributed by atoms with Gasteiger partial charge in [0.05, 0.1) is 13.6 Å². The summed E-state index contributed by atoms with van der Waals surface area (Å²) in [5.74, 6) is 1.53. The van der Waals surface area contributed by atoms with Crippen LogP contribution < -0.4 is 4.57 Å². The van der Waals surface area contributed by atoms with E-state index in [1.165, 1.54) is 147 Å². The van der Waals surface area contributed by atoms with Crippen LogP contribution in [0.25, 0.3) is 0 Å². The molecule has 0 aliphatic carbocycles. The van der Waals surface area contributed by atoms with Crippen LogP contribution in [0.4, 0.5) is 0 Å². The van der Waals surface area contributed by atoms with E-state index in [2.05, 4.69) is 42.4 Å². The molecule has 1 rings (SSSR count). The quantitative estimate of drug-likeness (QED) is 0.131. The minimum Gasteiger partial charge on any atom is -0.237 e. The normalized spacial score (nSPS) is 11.4. The third kappa shape index (κ3) is 14.3. The van der Waals surface area contributed by atoms with E-state index in [1.54, 1.807) is 0 Å². The molecule has 1 aromatic heterocycles. The minimum atomic E-state index is 1.21. The summed E-state index contributed by atoms with van der Waals surface area (Å²) in [5.41, 5.74) is 0. The summed E-state index contributed by atoms with van der Waals surface area (Å²) in [5, 5.41) is 0. The molecule has 0 amide bonds. The van der Waals surface area contributed by atoms with Gasteiger partial charge in [-0.2, -0.15) is 0 Å². The molecule has 0 fully saturated rings. The molecule has 0 aliphatic rings. The number of hydrogen-bond acceptors (Lipinski definition) is 0. The first-order chi connectivity index (χ1) is 14.8. The Morgan fingerprint density at radius 2 is 0.967 bits per heavy atom. The van der Waals surface area contributed by atoms with Gasteiger partial charge in [0.15, 0.2) is 0 Å². The van der Waals surface area contributed by atoms with E-state index in [0.29, 0.717) is 0 Å². The van der Waals surface area contributed by atoms with Gasteiger partial charge in [-0.25, -0.2) is 9.13 Å². The van der Waals surface area contributed by atoms with Crippen LogP contribution in [0.1, 0.15) is 148 Å². The van der Waals surface area contributed by atoms with Crippen LogP contribution in [-0.4, -0.2) is 4.57 Å². The highest BCUT2D eigenvalue weighted by Gasteiger charge is 2.13. The average Bonchev–Trinajstić information content (AvgIpc) is 3.10. The summed E-state index contributed by atoms with van der Waals surface area (Å²) in [7, 11) is 2.22. The molecule has 0 atom stereocenters. The van der Waals surface area contributed by atoms with Crippen molar-refractivity contribution in [3.8, 4) is 0 Å². The lowest BCUT2D eigenvalue weighted by Gasteiger charge is -2.05. The molecule has 0 unspecified atom stereocenters. The van der Waals surface area contributed by atoms with Gasteiger partial charge in [-0.3, -0.25) is 0 Å². The maximum Gasteiger partial charge on any atom is 0.256 e. The van der Waals surface area contributed by atoms with Crippen molar-refractivity contribution in [3.63, 3.8) is 0 Å². The lowest BCUT2D eigenvalue weighted by atomic mass is 10.0. The van der Waals surface area contributed by atoms with E-state index in [-0.39, 0.29) is 0 Å². The topological polar surface area (TPSA) is 8.81 Å². The smallest absolute Gasteiger partial charge is 0.237 e. The van der Waals surface area contributed by atoms with Crippen molar-refractivity contribution in [3.05, 3.63) is 18.2 Å². The maximum absolute atomic E-state index is 2.52. The molecular formula is C28H55N2+. The fraction of sp³-hybridized carbons (Fsp3) is 0.893. The Bertz CT molecular complexity index is 477. The van der Waals surface area contributed by atoms with Gasteiger partial charge in [0, 0.05) is 6.42 Å². The molecule has 0 bridgehead atoms. The molecule has 176 valence electrons. The second-order valence-electron chi connectivity index (χ2n) is 9.63. The molecule has 0 saturated carbocycles. The molecule has 0 N–H and O–H groups in total. The van der Waals surface area contributed by atoms with Crippen LogP contribution in [0.3, 0.4) is 0 Å². The second kappa shape index (κ2) is 20.1. The Kier molecular flexibility index (Phi) is 18.3. The van der Waals surface area contributed by atoms with Crippen molar-refractivity contribution in [2.45, 2.75) is 155 Å². The maximum atomic E-state index is 2.52. The molecule has 1 heterocycles. The summed E-state index contributed by atoms with van der Waals surface area (Å²) in [6.07, 6.45) is 34.2. The fourth-order valence-corrected chi connectivity index (χ4v) is 4.62. The van der Waals surface area contributed by atoms with Gasteiger partial charge in [-0.15, -0.1) is 0 Å². The molecule has 1 aromatic rings. The summed E-state index contributed by atoms with van der Waals surface area (Å²) >= 11 is 0. The van der Waals surface area contributed by atoms with Crippen LogP contribution in [0.2, 0.25) is 0 Å². The van der Waals surface area contributed by atoms with E-state index in [4.69, 9.17) is 0 Å². The molecule has 0 saturated heterocycles. The van der Waals surface area contributed by atoms with Crippen LogP contribution in [0, 0.1) is 0 Å². The van der Waals surface area contributed by atoms with Crippen molar-refractivity contribution in [2.75, 3.05) is 0 Å². The molecular weight excluding hydrogens is 364 g/mol. The zero-order valence-corrected chi connectivity index (χ0v) is 21.1. The predicted octanol–water partition coefficient (Wildman–Crippen LogP) is 8.70. The first-order valence-corrected chi connectivity index (χ1v) is 13.8. The Balaban J connectivity index is 2.01. The predicted molar refractivity (Wildman–Crippen MR) is 133 cm³/mol. The van der Waals surface area contributed by atoms with Crippen molar-refractivity contribution < 1.29 is 4.57 Å². The fourth-order valence-electron chi connectivity index (χ4n) is 4.62. The van der Waals surface area contributed by atoms with E-state index in [0.717, 1.165) is 0 Å². The van der Waals surface area contributed by atoms with Crippen molar-refractivity contribution in [1.82, 2.24) is 4.57 Å². The lowest BCUT2D eigenvalue weighted by molar-refractivity contribution is -0.704. The average molecular weight is 420 g/mol. The highest BCUT2D eigenvalue weighted by Crippen LogP contribution is 2.13. The highest BCUT2D eigenvalue weighted by molar-refractivity contribution is 4.82. The zero-order valence-electron chi connectivity index (χ0n) is 21.1. The third-order valence-electron chi connectivity index (χ3n) is 6.72. The SMILES string of the molecule is CCCCCCCCCCCCCCc1n(C)cc[n+]1CCCCCCCCCC. The number of imidazole rings is 1. The van der Waals surface area contributed by atoms with E-state index >= 15 is 0 Å². The van der Waals surface area contributed by atoms with Gasteiger partial charge in [0.1, 0.15) is 12.4 Å². The summed E-state index contributed by atoms with van der Waals surface area (Å²) in [4.78, 5) is 0. The van der Waals surface area contributed by atoms with Crippen LogP contribution >= 0.6 is 0 Å². The molecule has 2 nitrogen and oxygen atoms in total. The molecule has 0 aliphatic heterocycles. The van der Waals surface area contributed by atoms with Crippen molar-refractivity contribution >= 4 is 0 Å². The zero-order chi connectivity index (χ0) is 21.7. The molecule has 0 spiro atoms. The monoisotopic (exact) mass is 419 g/mol. The Hall–Kier alpha value is -0.790. The lowest BCUT2D eigenvalue weighted by Crippen LogP contribution is -2.37. The summed E-state index contributed by atoms with van der Waals surface area (Å²) in [6.45, 7) is 5.81. The van der Waals surface area contributed by atoms with Crippen LogP contribution in [0.15, 0.2) is 12.4 Å². The van der Waals surface area contributed by atoms with Gasteiger partial charge in [-0.1, -0.05) is 123 Å². The van der Waals surface area contributed by atoms with Crippen molar-refractivity contribution in [1.29, 1.82) is 0 Å². The van der Waals surface area contributed by atoms with E-state index < -0.39 is 0 Å². The Morgan fingerprint density at radius 1 is 0.567 bits per heavy atom. The van der Waals surface area contributed by atoms with Gasteiger partial charge in [0.2, 0.25) is 0 Å². The highest BCUT2D eigenvalue weighted by atomic mass is 15.1. The van der Waals surface area contributed by atoms with E-state index in [1.807, 2.05) is 0 Å². The van der Waals surface area contributed by atoms with Crippen LogP contribution in [-0.2, 0) is 20.0 Å². The standard InChI is InChI=1S/C28H55N2/c1-4-6-8-10-12-14-15-16-17-18-20-22-24-28-29(3)26-27-30(28)25-23-21-19-13-11-9-7-5-2/h26-27H,4-25H2,1-3H3/q+1. The Labute approximate surface area is 189 Å². The molecule has 30 heavy (non-hydrogen) atoms. The van der Waals surface area contributed by atoms with Crippen molar-refractivity contribution in [2.24, 2.45) is 7.05 Å². The molecule has 0 aromatic carbocycles. The largest absolute Gasteiger partial charge is 0.256 e. The van der Waals surface area contributed by atoms with Gasteiger partial charge >= 0.3 is 0 Å². The van der Waals surface area contributed by atoms with Gasteiger partial charge in [0.25, 0.3) is 5.82 Å². The minimum absolute atomic E-state index is 1.21. The Morgan fingerprint density at radius 3 is 1.43 bits per heavy atom. The third-order valence-corrected chi connectivity index (χ3v) is 6.72. The number of aromatic nitrogens is 2. The number of aryl methyl sites for hydroxylation is 2. The second-order valence-corrected chi connectivity index (χ2v) is 9.63. The van der Waals surface area contributed by atoms with Gasteiger partial charge < -0.3 is 0 Å². The molecule has 2 heteroatoms. The number of hydrogen-bond donors (Lipinski definition) is 0. The van der Waals surface area contributed by atoms with Gasteiger partial charge in [-0.05, 0) is 19.3 Å². The number of unbranched alkanes of at least 4 members (excludes halogenated alkanes) is 18. The summed E-state index contributed by atoms with van der Waals surface area (Å²) in [6, 6.07) is 0.